The lowest BCUT2D eigenvalue weighted by Crippen LogP contribution is -2.45. The lowest BCUT2D eigenvalue weighted by molar-refractivity contribution is -0.156. The molecule has 0 aromatic heterocycles. The summed E-state index contributed by atoms with van der Waals surface area (Å²) < 4.78 is 6.34. The normalized spacial score (nSPS) is 23.0. The van der Waals surface area contributed by atoms with Crippen LogP contribution in [0.5, 0.6) is 5.75 Å². The third-order valence-corrected chi connectivity index (χ3v) is 6.15. The molecule has 5 nitrogen and oxygen atoms in total. The van der Waals surface area contributed by atoms with Crippen LogP contribution in [0.3, 0.4) is 0 Å². The van der Waals surface area contributed by atoms with Gasteiger partial charge >= 0.3 is 0 Å². The first-order valence-electron chi connectivity index (χ1n) is 10.7. The van der Waals surface area contributed by atoms with E-state index in [-0.39, 0.29) is 18.1 Å². The quantitative estimate of drug-likeness (QED) is 0.654. The summed E-state index contributed by atoms with van der Waals surface area (Å²) in [6.45, 7) is 2.70. The van der Waals surface area contributed by atoms with E-state index >= 15 is 0 Å². The van der Waals surface area contributed by atoms with Crippen LogP contribution in [0.2, 0.25) is 0 Å². The van der Waals surface area contributed by atoms with Gasteiger partial charge in [0.1, 0.15) is 17.9 Å². The second kappa shape index (κ2) is 8.08. The molecule has 3 unspecified atom stereocenters. The Morgan fingerprint density at radius 3 is 2.58 bits per heavy atom. The molecular formula is C26H27N3O2. The van der Waals surface area contributed by atoms with Gasteiger partial charge in [0.15, 0.2) is 0 Å². The summed E-state index contributed by atoms with van der Waals surface area (Å²) in [7, 11) is 1.81. The highest BCUT2D eigenvalue weighted by Gasteiger charge is 2.37. The van der Waals surface area contributed by atoms with E-state index in [0.717, 1.165) is 23.3 Å². The molecular weight excluding hydrogens is 386 g/mol. The van der Waals surface area contributed by atoms with Crippen LogP contribution in [-0.4, -0.2) is 30.8 Å². The molecule has 0 spiro atoms. The summed E-state index contributed by atoms with van der Waals surface area (Å²) in [6.07, 6.45) is 0.669. The van der Waals surface area contributed by atoms with Crippen molar-refractivity contribution in [3.8, 4) is 16.9 Å². The van der Waals surface area contributed by atoms with E-state index in [1.807, 2.05) is 13.1 Å². The van der Waals surface area contributed by atoms with Gasteiger partial charge in [-0.2, -0.15) is 0 Å². The summed E-state index contributed by atoms with van der Waals surface area (Å²) in [5, 5.41) is 1.58. The highest BCUT2D eigenvalue weighted by molar-refractivity contribution is 5.78. The van der Waals surface area contributed by atoms with Crippen LogP contribution in [0.15, 0.2) is 77.8 Å². The summed E-state index contributed by atoms with van der Waals surface area (Å²) in [4.78, 5) is 11.1. The molecule has 2 aliphatic rings. The molecule has 0 bridgehead atoms. The van der Waals surface area contributed by atoms with Gasteiger partial charge in [-0.3, -0.25) is 4.84 Å². The number of rotatable bonds is 2. The lowest BCUT2D eigenvalue weighted by Gasteiger charge is -2.38. The zero-order valence-corrected chi connectivity index (χ0v) is 17.9. The minimum atomic E-state index is -0.220. The molecule has 31 heavy (non-hydrogen) atoms. The fraction of sp³-hybridized carbons (Fsp3) is 0.269. The Hall–Kier alpha value is -3.31. The van der Waals surface area contributed by atoms with E-state index in [2.05, 4.69) is 73.7 Å². The van der Waals surface area contributed by atoms with E-state index in [0.29, 0.717) is 12.6 Å². The number of nitrogens with zero attached hydrogens (tertiary/aromatic N) is 2. The standard InChI is InChI=1S/C26H27N3O2/c1-17-7-6-10-19(13-17)20-11-12-23-22(14-20)25-24(31-29(2)26(27)28-25)15-21(16-30-23)18-8-4-3-5-9-18/h3-14,21,24-25H,15-16H2,1-2H3,(H2,27,28). The van der Waals surface area contributed by atoms with Gasteiger partial charge in [-0.05, 0) is 42.2 Å². The van der Waals surface area contributed by atoms with Crippen molar-refractivity contribution in [2.24, 2.45) is 10.7 Å². The van der Waals surface area contributed by atoms with Crippen LogP contribution >= 0.6 is 0 Å². The van der Waals surface area contributed by atoms with Gasteiger partial charge in [-0.1, -0.05) is 66.2 Å². The number of aryl methyl sites for hydroxylation is 1. The summed E-state index contributed by atoms with van der Waals surface area (Å²) in [5.74, 6) is 1.43. The minimum Gasteiger partial charge on any atom is -0.493 e. The van der Waals surface area contributed by atoms with Crippen LogP contribution in [-0.2, 0) is 4.84 Å². The number of guanidine groups is 1. The Kier molecular flexibility index (Phi) is 5.12. The van der Waals surface area contributed by atoms with E-state index < -0.39 is 0 Å². The molecule has 0 aliphatic carbocycles. The number of ether oxygens (including phenoxy) is 1. The average Bonchev–Trinajstić information content (AvgIpc) is 2.78. The molecule has 3 aromatic carbocycles. The first-order valence-corrected chi connectivity index (χ1v) is 10.7. The third-order valence-electron chi connectivity index (χ3n) is 6.15. The number of benzene rings is 3. The second-order valence-electron chi connectivity index (χ2n) is 8.35. The van der Waals surface area contributed by atoms with Crippen molar-refractivity contribution in [2.75, 3.05) is 13.7 Å². The van der Waals surface area contributed by atoms with Gasteiger partial charge in [0.05, 0.1) is 6.61 Å². The van der Waals surface area contributed by atoms with Gasteiger partial charge in [0.2, 0.25) is 5.96 Å². The van der Waals surface area contributed by atoms with Crippen LogP contribution in [0.25, 0.3) is 11.1 Å². The Morgan fingerprint density at radius 2 is 1.77 bits per heavy atom. The molecule has 2 aliphatic heterocycles. The number of hydrogen-bond acceptors (Lipinski definition) is 5. The Bertz CT molecular complexity index is 1110. The number of fused-ring (bicyclic) bond motifs is 3. The Labute approximate surface area is 183 Å². The third kappa shape index (κ3) is 3.89. The Morgan fingerprint density at radius 1 is 0.968 bits per heavy atom. The first-order chi connectivity index (χ1) is 15.1. The predicted molar refractivity (Wildman–Crippen MR) is 123 cm³/mol. The summed E-state index contributed by atoms with van der Waals surface area (Å²) in [6, 6.07) is 25.1. The molecule has 5 rings (SSSR count). The molecule has 3 atom stereocenters. The lowest BCUT2D eigenvalue weighted by atomic mass is 9.86. The number of nitrogens with two attached hydrogens (primary N) is 1. The first kappa shape index (κ1) is 19.6. The molecule has 0 saturated heterocycles. The minimum absolute atomic E-state index is 0.127. The molecule has 5 heteroatoms. The zero-order chi connectivity index (χ0) is 21.4. The van der Waals surface area contributed by atoms with Gasteiger partial charge < -0.3 is 10.5 Å². The molecule has 0 fully saturated rings. The maximum absolute atomic E-state index is 6.34. The van der Waals surface area contributed by atoms with E-state index in [9.17, 15) is 0 Å². The molecule has 0 saturated carbocycles. The smallest absolute Gasteiger partial charge is 0.216 e. The van der Waals surface area contributed by atoms with Gasteiger partial charge in [-0.25, -0.2) is 10.1 Å². The molecule has 2 heterocycles. The molecule has 2 N–H and O–H groups in total. The molecule has 3 aromatic rings. The van der Waals surface area contributed by atoms with Crippen LogP contribution in [0, 0.1) is 6.92 Å². The van der Waals surface area contributed by atoms with Crippen molar-refractivity contribution < 1.29 is 9.57 Å². The number of hydrogen-bond donors (Lipinski definition) is 1. The van der Waals surface area contributed by atoms with Crippen LogP contribution < -0.4 is 10.5 Å². The van der Waals surface area contributed by atoms with Crippen LogP contribution in [0.4, 0.5) is 0 Å². The monoisotopic (exact) mass is 413 g/mol. The fourth-order valence-corrected chi connectivity index (χ4v) is 4.47. The Balaban J connectivity index is 1.58. The SMILES string of the molecule is Cc1cccc(-c2ccc3c(c2)C2N=C(N)N(C)OC2CC(c2ccccc2)CO3)c1. The van der Waals surface area contributed by atoms with Crippen molar-refractivity contribution in [1.29, 1.82) is 0 Å². The number of aliphatic imine (C=N–C) groups is 1. The topological polar surface area (TPSA) is 60.1 Å². The maximum atomic E-state index is 6.34. The second-order valence-corrected chi connectivity index (χ2v) is 8.35. The van der Waals surface area contributed by atoms with Crippen molar-refractivity contribution in [3.63, 3.8) is 0 Å². The number of hydroxylamine groups is 2. The van der Waals surface area contributed by atoms with Gasteiger partial charge in [0.25, 0.3) is 0 Å². The van der Waals surface area contributed by atoms with Crippen LogP contribution in [0.1, 0.15) is 35.1 Å². The van der Waals surface area contributed by atoms with Crippen molar-refractivity contribution >= 4 is 5.96 Å². The zero-order valence-electron chi connectivity index (χ0n) is 17.9. The predicted octanol–water partition coefficient (Wildman–Crippen LogP) is 4.83. The fourth-order valence-electron chi connectivity index (χ4n) is 4.47. The van der Waals surface area contributed by atoms with Crippen molar-refractivity contribution in [2.45, 2.75) is 31.4 Å². The molecule has 158 valence electrons. The summed E-state index contributed by atoms with van der Waals surface area (Å²) in [5.41, 5.74) is 12.0. The highest BCUT2D eigenvalue weighted by Crippen LogP contribution is 2.42. The van der Waals surface area contributed by atoms with Crippen molar-refractivity contribution in [1.82, 2.24) is 5.06 Å². The van der Waals surface area contributed by atoms with Gasteiger partial charge in [0, 0.05) is 18.5 Å². The van der Waals surface area contributed by atoms with Gasteiger partial charge in [-0.15, -0.1) is 0 Å². The van der Waals surface area contributed by atoms with E-state index in [1.165, 1.54) is 16.7 Å². The maximum Gasteiger partial charge on any atom is 0.216 e. The van der Waals surface area contributed by atoms with Crippen molar-refractivity contribution in [3.05, 3.63) is 89.5 Å². The molecule has 0 amide bonds. The average molecular weight is 414 g/mol. The van der Waals surface area contributed by atoms with E-state index in [4.69, 9.17) is 20.3 Å². The largest absolute Gasteiger partial charge is 0.493 e. The molecule has 0 radical (unpaired) electrons. The highest BCUT2D eigenvalue weighted by atomic mass is 16.7. The summed E-state index contributed by atoms with van der Waals surface area (Å²) >= 11 is 0. The van der Waals surface area contributed by atoms with E-state index in [1.54, 1.807) is 5.06 Å².